The van der Waals surface area contributed by atoms with Crippen molar-refractivity contribution in [2.75, 3.05) is 0 Å². The number of pyridine rings is 1. The van der Waals surface area contributed by atoms with Crippen molar-refractivity contribution in [1.82, 2.24) is 0 Å². The molecule has 0 saturated heterocycles. The van der Waals surface area contributed by atoms with Gasteiger partial charge in [0.05, 0.1) is 0 Å². The maximum Gasteiger partial charge on any atom is 0.213 e. The number of aryl methyl sites for hydroxylation is 1. The highest BCUT2D eigenvalue weighted by Gasteiger charge is 2.13. The van der Waals surface area contributed by atoms with Gasteiger partial charge in [0.25, 0.3) is 0 Å². The van der Waals surface area contributed by atoms with Crippen molar-refractivity contribution in [3.8, 4) is 22.4 Å². The lowest BCUT2D eigenvalue weighted by Crippen LogP contribution is -2.35. The number of hydrogen-bond donors (Lipinski definition) is 0. The number of benzene rings is 2. The Morgan fingerprint density at radius 2 is 1.33 bits per heavy atom. The average molecular weight is 274 g/mol. The zero-order valence-corrected chi connectivity index (χ0v) is 12.4. The topological polar surface area (TPSA) is 3.88 Å². The summed E-state index contributed by atoms with van der Waals surface area (Å²) in [6.07, 6.45) is 3.34. The molecule has 2 aromatic carbocycles. The van der Waals surface area contributed by atoms with Gasteiger partial charge in [-0.25, -0.2) is 0 Å². The molecule has 0 aliphatic rings. The minimum Gasteiger partial charge on any atom is -0.198 e. The third kappa shape index (κ3) is 3.03. The van der Waals surface area contributed by atoms with E-state index in [0.29, 0.717) is 0 Å². The first kappa shape index (κ1) is 13.6. The van der Waals surface area contributed by atoms with Crippen LogP contribution < -0.4 is 4.57 Å². The molecule has 1 nitrogen and oxygen atoms in total. The van der Waals surface area contributed by atoms with E-state index in [9.17, 15) is 0 Å². The first-order valence-electron chi connectivity index (χ1n) is 7.53. The quantitative estimate of drug-likeness (QED) is 0.606. The Hall–Kier alpha value is -2.41. The van der Waals surface area contributed by atoms with E-state index in [1.807, 2.05) is 0 Å². The molecule has 0 N–H and O–H groups in total. The Morgan fingerprint density at radius 3 is 1.95 bits per heavy atom. The normalized spacial score (nSPS) is 10.5. The third-order valence-corrected chi connectivity index (χ3v) is 3.68. The molecule has 1 heteroatoms. The fourth-order valence-corrected chi connectivity index (χ4v) is 2.63. The maximum absolute atomic E-state index is 2.34. The predicted octanol–water partition coefficient (Wildman–Crippen LogP) is 4.72. The number of hydrogen-bond acceptors (Lipinski definition) is 0. The van der Waals surface area contributed by atoms with E-state index in [0.717, 1.165) is 13.0 Å². The Labute approximate surface area is 126 Å². The van der Waals surface area contributed by atoms with Crippen LogP contribution >= 0.6 is 0 Å². The second-order valence-electron chi connectivity index (χ2n) is 5.23. The third-order valence-electron chi connectivity index (χ3n) is 3.68. The average Bonchev–Trinajstić information content (AvgIpc) is 2.57. The monoisotopic (exact) mass is 274 g/mol. The minimum atomic E-state index is 1.04. The fourth-order valence-electron chi connectivity index (χ4n) is 2.63. The fraction of sp³-hybridized carbons (Fsp3) is 0.150. The van der Waals surface area contributed by atoms with Crippen LogP contribution in [-0.4, -0.2) is 0 Å². The first-order valence-corrected chi connectivity index (χ1v) is 7.53. The van der Waals surface area contributed by atoms with E-state index in [-0.39, 0.29) is 0 Å². The highest BCUT2D eigenvalue weighted by molar-refractivity contribution is 5.68. The van der Waals surface area contributed by atoms with Crippen LogP contribution in [0.1, 0.15) is 13.3 Å². The van der Waals surface area contributed by atoms with Crippen molar-refractivity contribution in [3.05, 3.63) is 79.0 Å². The maximum atomic E-state index is 2.34. The van der Waals surface area contributed by atoms with Crippen molar-refractivity contribution in [2.24, 2.45) is 0 Å². The lowest BCUT2D eigenvalue weighted by Gasteiger charge is -2.07. The van der Waals surface area contributed by atoms with Crippen LogP contribution in [0.4, 0.5) is 0 Å². The molecule has 0 aliphatic heterocycles. The summed E-state index contributed by atoms with van der Waals surface area (Å²) >= 11 is 0. The van der Waals surface area contributed by atoms with Gasteiger partial charge in [-0.05, 0) is 23.3 Å². The molecule has 0 unspecified atom stereocenters. The Kier molecular flexibility index (Phi) is 4.11. The van der Waals surface area contributed by atoms with Gasteiger partial charge in [-0.15, -0.1) is 0 Å². The molecule has 1 aromatic heterocycles. The second-order valence-corrected chi connectivity index (χ2v) is 5.23. The molecule has 1 heterocycles. The number of rotatable bonds is 4. The molecule has 0 fully saturated rings. The van der Waals surface area contributed by atoms with Crippen molar-refractivity contribution >= 4 is 0 Å². The standard InChI is InChI=1S/C20H20N/c1-2-14-21-15-13-19(17-9-5-3-6-10-17)16-20(21)18-11-7-4-8-12-18/h3-13,15-16H,2,14H2,1H3/q+1. The van der Waals surface area contributed by atoms with Crippen LogP contribution in [0.2, 0.25) is 0 Å². The van der Waals surface area contributed by atoms with Crippen LogP contribution in [0.15, 0.2) is 79.0 Å². The van der Waals surface area contributed by atoms with Gasteiger partial charge >= 0.3 is 0 Å². The summed E-state index contributed by atoms with van der Waals surface area (Å²) in [5.41, 5.74) is 5.07. The van der Waals surface area contributed by atoms with E-state index in [2.05, 4.69) is 90.5 Å². The summed E-state index contributed by atoms with van der Waals surface area (Å²) < 4.78 is 2.34. The largest absolute Gasteiger partial charge is 0.213 e. The molecule has 104 valence electrons. The van der Waals surface area contributed by atoms with Crippen molar-refractivity contribution in [3.63, 3.8) is 0 Å². The smallest absolute Gasteiger partial charge is 0.198 e. The Bertz CT molecular complexity index is 702. The van der Waals surface area contributed by atoms with Crippen LogP contribution in [0.3, 0.4) is 0 Å². The van der Waals surface area contributed by atoms with Gasteiger partial charge in [0.1, 0.15) is 6.54 Å². The van der Waals surface area contributed by atoms with Crippen molar-refractivity contribution in [2.45, 2.75) is 19.9 Å². The summed E-state index contributed by atoms with van der Waals surface area (Å²) in [6, 6.07) is 25.7. The van der Waals surface area contributed by atoms with E-state index in [1.54, 1.807) is 0 Å². The van der Waals surface area contributed by atoms with Crippen molar-refractivity contribution in [1.29, 1.82) is 0 Å². The molecular formula is C20H20N+. The molecule has 0 aliphatic carbocycles. The van der Waals surface area contributed by atoms with Gasteiger partial charge in [0, 0.05) is 24.1 Å². The minimum absolute atomic E-state index is 1.04. The Morgan fingerprint density at radius 1 is 0.714 bits per heavy atom. The zero-order chi connectivity index (χ0) is 14.5. The van der Waals surface area contributed by atoms with Crippen molar-refractivity contribution < 1.29 is 4.57 Å². The van der Waals surface area contributed by atoms with Crippen LogP contribution in [-0.2, 0) is 6.54 Å². The highest BCUT2D eigenvalue weighted by Crippen LogP contribution is 2.23. The second kappa shape index (κ2) is 6.36. The molecule has 0 radical (unpaired) electrons. The lowest BCUT2D eigenvalue weighted by molar-refractivity contribution is -0.686. The van der Waals surface area contributed by atoms with E-state index in [4.69, 9.17) is 0 Å². The molecule has 0 bridgehead atoms. The lowest BCUT2D eigenvalue weighted by atomic mass is 10.0. The molecule has 0 saturated carbocycles. The van der Waals surface area contributed by atoms with Gasteiger partial charge in [0.2, 0.25) is 5.69 Å². The summed E-state index contributed by atoms with van der Waals surface area (Å²) in [5.74, 6) is 0. The molecule has 3 rings (SSSR count). The molecule has 21 heavy (non-hydrogen) atoms. The summed E-state index contributed by atoms with van der Waals surface area (Å²) in [4.78, 5) is 0. The first-order chi connectivity index (χ1) is 10.4. The number of nitrogens with zero attached hydrogens (tertiary/aromatic N) is 1. The zero-order valence-electron chi connectivity index (χ0n) is 12.4. The molecule has 0 spiro atoms. The van der Waals surface area contributed by atoms with Crippen LogP contribution in [0.5, 0.6) is 0 Å². The summed E-state index contributed by atoms with van der Waals surface area (Å²) in [7, 11) is 0. The summed E-state index contributed by atoms with van der Waals surface area (Å²) in [5, 5.41) is 0. The van der Waals surface area contributed by atoms with E-state index in [1.165, 1.54) is 22.4 Å². The highest BCUT2D eigenvalue weighted by atomic mass is 14.9. The van der Waals surface area contributed by atoms with Gasteiger partial charge in [-0.2, -0.15) is 4.57 Å². The molecule has 3 aromatic rings. The van der Waals surface area contributed by atoms with Gasteiger partial charge in [-0.3, -0.25) is 0 Å². The summed E-state index contributed by atoms with van der Waals surface area (Å²) in [6.45, 7) is 3.26. The van der Waals surface area contributed by atoms with E-state index >= 15 is 0 Å². The Balaban J connectivity index is 2.11. The number of aromatic nitrogens is 1. The molecule has 0 atom stereocenters. The van der Waals surface area contributed by atoms with Gasteiger partial charge in [-0.1, -0.05) is 55.5 Å². The van der Waals surface area contributed by atoms with Crippen LogP contribution in [0, 0.1) is 0 Å². The van der Waals surface area contributed by atoms with Gasteiger partial charge < -0.3 is 0 Å². The van der Waals surface area contributed by atoms with Crippen LogP contribution in [0.25, 0.3) is 22.4 Å². The predicted molar refractivity (Wildman–Crippen MR) is 87.8 cm³/mol. The SMILES string of the molecule is CCC[n+]1ccc(-c2ccccc2)cc1-c1ccccc1. The molecular weight excluding hydrogens is 254 g/mol. The van der Waals surface area contributed by atoms with Gasteiger partial charge in [0.15, 0.2) is 6.20 Å². The molecule has 0 amide bonds. The van der Waals surface area contributed by atoms with E-state index < -0.39 is 0 Å².